The van der Waals surface area contributed by atoms with E-state index in [9.17, 15) is 0 Å². The van der Waals surface area contributed by atoms with Gasteiger partial charge >= 0.3 is 0 Å². The van der Waals surface area contributed by atoms with Crippen molar-refractivity contribution in [2.75, 3.05) is 6.61 Å². The van der Waals surface area contributed by atoms with Gasteiger partial charge < -0.3 is 4.74 Å². The van der Waals surface area contributed by atoms with Crippen LogP contribution >= 0.6 is 0 Å². The van der Waals surface area contributed by atoms with Crippen LogP contribution in [0.15, 0.2) is 12.2 Å². The molecule has 1 aliphatic heterocycles. The summed E-state index contributed by atoms with van der Waals surface area (Å²) >= 11 is 0. The normalized spacial score (nSPS) is 34.2. The lowest BCUT2D eigenvalue weighted by molar-refractivity contribution is 0.260. The smallest absolute Gasteiger partial charge is 0.0916 e. The van der Waals surface area contributed by atoms with E-state index in [1.165, 1.54) is 83.5 Å². The molecule has 1 spiro atoms. The second-order valence-electron chi connectivity index (χ2n) is 6.20. The zero-order valence-electron chi connectivity index (χ0n) is 12.0. The second kappa shape index (κ2) is 7.99. The Morgan fingerprint density at radius 1 is 0.611 bits per heavy atom. The van der Waals surface area contributed by atoms with Crippen LogP contribution in [0.25, 0.3) is 0 Å². The van der Waals surface area contributed by atoms with Crippen molar-refractivity contribution in [2.45, 2.75) is 89.1 Å². The van der Waals surface area contributed by atoms with Crippen LogP contribution in [0.3, 0.4) is 0 Å². The molecule has 0 bridgehead atoms. The maximum absolute atomic E-state index is 5.73. The van der Waals surface area contributed by atoms with Gasteiger partial charge in [0.15, 0.2) is 0 Å². The van der Waals surface area contributed by atoms with Gasteiger partial charge in [-0.25, -0.2) is 0 Å². The molecule has 1 heterocycles. The molecule has 2 rings (SSSR count). The van der Waals surface area contributed by atoms with Gasteiger partial charge in [0, 0.05) is 0 Å². The van der Waals surface area contributed by atoms with Gasteiger partial charge in [0.2, 0.25) is 0 Å². The van der Waals surface area contributed by atoms with Crippen LogP contribution in [0.1, 0.15) is 83.5 Å². The zero-order valence-corrected chi connectivity index (χ0v) is 12.0. The van der Waals surface area contributed by atoms with Crippen molar-refractivity contribution in [1.29, 1.82) is 0 Å². The lowest BCUT2D eigenvalue weighted by atomic mass is 9.94. The summed E-state index contributed by atoms with van der Waals surface area (Å²) in [5.41, 5.74) is 0.344. The van der Waals surface area contributed by atoms with E-state index in [0.717, 1.165) is 6.61 Å². The van der Waals surface area contributed by atoms with Gasteiger partial charge in [-0.05, 0) is 38.5 Å². The van der Waals surface area contributed by atoms with E-state index in [2.05, 4.69) is 12.2 Å². The Labute approximate surface area is 113 Å². The summed E-state index contributed by atoms with van der Waals surface area (Å²) in [4.78, 5) is 0. The van der Waals surface area contributed by atoms with Crippen molar-refractivity contribution >= 4 is 0 Å². The van der Waals surface area contributed by atoms with E-state index in [0.29, 0.717) is 5.60 Å². The monoisotopic (exact) mass is 250 g/mol. The van der Waals surface area contributed by atoms with Gasteiger partial charge in [-0.3, -0.25) is 0 Å². The van der Waals surface area contributed by atoms with Crippen LogP contribution < -0.4 is 0 Å². The molecule has 0 aromatic rings. The van der Waals surface area contributed by atoms with Crippen LogP contribution in [-0.4, -0.2) is 12.2 Å². The fraction of sp³-hybridized carbons (Fsp3) is 0.882. The third-order valence-electron chi connectivity index (χ3n) is 4.48. The summed E-state index contributed by atoms with van der Waals surface area (Å²) in [5.74, 6) is 0. The third kappa shape index (κ3) is 5.56. The van der Waals surface area contributed by atoms with Crippen LogP contribution in [-0.2, 0) is 4.74 Å². The molecule has 104 valence electrons. The minimum Gasteiger partial charge on any atom is -0.370 e. The van der Waals surface area contributed by atoms with E-state index in [1.807, 2.05) is 0 Å². The molecule has 1 nitrogen and oxygen atoms in total. The van der Waals surface area contributed by atoms with Crippen molar-refractivity contribution in [3.05, 3.63) is 12.2 Å². The van der Waals surface area contributed by atoms with E-state index in [-0.39, 0.29) is 0 Å². The molecular formula is C17H30O. The standard InChI is InChI=1S/C17H30O/c1-2-4-6-8-10-12-14-17(16-18-17)15-13-11-9-7-5-3-1/h1-2H,3-16H2/b2-1-. The number of ether oxygens (including phenoxy) is 1. The number of epoxide rings is 1. The Morgan fingerprint density at radius 3 is 1.56 bits per heavy atom. The van der Waals surface area contributed by atoms with Crippen molar-refractivity contribution in [3.8, 4) is 0 Å². The summed E-state index contributed by atoms with van der Waals surface area (Å²) in [6.45, 7) is 1.05. The van der Waals surface area contributed by atoms with Crippen molar-refractivity contribution in [3.63, 3.8) is 0 Å². The highest BCUT2D eigenvalue weighted by Gasteiger charge is 2.42. The Morgan fingerprint density at radius 2 is 1.06 bits per heavy atom. The Kier molecular flexibility index (Phi) is 6.26. The number of hydrogen-bond acceptors (Lipinski definition) is 1. The van der Waals surface area contributed by atoms with Crippen molar-refractivity contribution in [1.82, 2.24) is 0 Å². The summed E-state index contributed by atoms with van der Waals surface area (Å²) in [5, 5.41) is 0. The van der Waals surface area contributed by atoms with Crippen LogP contribution in [0, 0.1) is 0 Å². The molecule has 0 amide bonds. The molecule has 0 N–H and O–H groups in total. The maximum atomic E-state index is 5.73. The second-order valence-corrected chi connectivity index (χ2v) is 6.20. The van der Waals surface area contributed by atoms with Crippen LogP contribution in [0.4, 0.5) is 0 Å². The molecule has 0 saturated carbocycles. The molecule has 1 fully saturated rings. The number of allylic oxidation sites excluding steroid dienone is 2. The van der Waals surface area contributed by atoms with Gasteiger partial charge in [0.1, 0.15) is 0 Å². The molecule has 1 aliphatic carbocycles. The highest BCUT2D eigenvalue weighted by molar-refractivity contribution is 4.91. The summed E-state index contributed by atoms with van der Waals surface area (Å²) in [6, 6.07) is 0. The maximum Gasteiger partial charge on any atom is 0.0916 e. The highest BCUT2D eigenvalue weighted by Crippen LogP contribution is 2.38. The number of rotatable bonds is 0. The Hall–Kier alpha value is -0.300. The van der Waals surface area contributed by atoms with E-state index in [1.54, 1.807) is 0 Å². The minimum absolute atomic E-state index is 0.344. The van der Waals surface area contributed by atoms with Crippen molar-refractivity contribution < 1.29 is 4.74 Å². The van der Waals surface area contributed by atoms with E-state index < -0.39 is 0 Å². The summed E-state index contributed by atoms with van der Waals surface area (Å²) in [6.07, 6.45) is 22.6. The first-order valence-corrected chi connectivity index (χ1v) is 8.20. The topological polar surface area (TPSA) is 12.5 Å². The zero-order chi connectivity index (χ0) is 12.5. The summed E-state index contributed by atoms with van der Waals surface area (Å²) in [7, 11) is 0. The third-order valence-corrected chi connectivity index (χ3v) is 4.48. The molecule has 0 aromatic heterocycles. The summed E-state index contributed by atoms with van der Waals surface area (Å²) < 4.78 is 5.73. The predicted octanol–water partition coefficient (Wildman–Crippen LogP) is 5.40. The Bertz CT molecular complexity index is 240. The predicted molar refractivity (Wildman–Crippen MR) is 77.8 cm³/mol. The first-order chi connectivity index (χ1) is 8.91. The van der Waals surface area contributed by atoms with Gasteiger partial charge in [0.05, 0.1) is 12.2 Å². The first kappa shape index (κ1) is 14.1. The van der Waals surface area contributed by atoms with Gasteiger partial charge in [0.25, 0.3) is 0 Å². The van der Waals surface area contributed by atoms with E-state index >= 15 is 0 Å². The minimum atomic E-state index is 0.344. The number of hydrogen-bond donors (Lipinski definition) is 0. The van der Waals surface area contributed by atoms with Gasteiger partial charge in [-0.15, -0.1) is 0 Å². The molecule has 0 aromatic carbocycles. The fourth-order valence-corrected chi connectivity index (χ4v) is 3.05. The lowest BCUT2D eigenvalue weighted by Gasteiger charge is -2.11. The van der Waals surface area contributed by atoms with Crippen molar-refractivity contribution in [2.24, 2.45) is 0 Å². The van der Waals surface area contributed by atoms with Gasteiger partial charge in [-0.2, -0.15) is 0 Å². The molecular weight excluding hydrogens is 220 g/mol. The molecule has 2 aliphatic rings. The average molecular weight is 250 g/mol. The van der Waals surface area contributed by atoms with Crippen LogP contribution in [0.5, 0.6) is 0 Å². The molecule has 18 heavy (non-hydrogen) atoms. The Balaban J connectivity index is 1.67. The molecule has 0 radical (unpaired) electrons. The lowest BCUT2D eigenvalue weighted by Crippen LogP contribution is -2.10. The van der Waals surface area contributed by atoms with E-state index in [4.69, 9.17) is 4.74 Å². The SMILES string of the molecule is C1=C\CCCCCCC2(CCCCCCC/1)CO2. The molecule has 1 atom stereocenters. The fourth-order valence-electron chi connectivity index (χ4n) is 3.05. The quantitative estimate of drug-likeness (QED) is 0.414. The highest BCUT2D eigenvalue weighted by atomic mass is 16.6. The van der Waals surface area contributed by atoms with Crippen LogP contribution in [0.2, 0.25) is 0 Å². The molecule has 1 unspecified atom stereocenters. The van der Waals surface area contributed by atoms with Gasteiger partial charge in [-0.1, -0.05) is 57.1 Å². The largest absolute Gasteiger partial charge is 0.370 e. The molecule has 1 heteroatoms. The molecule has 1 saturated heterocycles. The first-order valence-electron chi connectivity index (χ1n) is 8.20. The average Bonchev–Trinajstić information content (AvgIpc) is 3.13.